The van der Waals surface area contributed by atoms with E-state index in [9.17, 15) is 18.0 Å². The van der Waals surface area contributed by atoms with E-state index in [0.717, 1.165) is 4.68 Å². The Kier molecular flexibility index (Phi) is 4.05. The van der Waals surface area contributed by atoms with Crippen molar-refractivity contribution in [3.05, 3.63) is 17.5 Å². The summed E-state index contributed by atoms with van der Waals surface area (Å²) in [4.78, 5) is 10.2. The van der Waals surface area contributed by atoms with Crippen LogP contribution in [0.15, 0.2) is 6.20 Å². The molecular weight excluding hydrogens is 223 g/mol. The zero-order chi connectivity index (χ0) is 12.2. The molecule has 0 saturated heterocycles. The van der Waals surface area contributed by atoms with Gasteiger partial charge in [0.25, 0.3) is 0 Å². The molecular formula is C9H12F3N3O. The third-order valence-corrected chi connectivity index (χ3v) is 1.93. The van der Waals surface area contributed by atoms with Gasteiger partial charge in [-0.1, -0.05) is 6.92 Å². The molecule has 0 radical (unpaired) electrons. The highest BCUT2D eigenvalue weighted by molar-refractivity contribution is 5.49. The maximum atomic E-state index is 12.5. The number of aromatic nitrogens is 2. The Morgan fingerprint density at radius 3 is 2.75 bits per heavy atom. The van der Waals surface area contributed by atoms with Crippen LogP contribution in [0.5, 0.6) is 0 Å². The Balaban J connectivity index is 2.97. The van der Waals surface area contributed by atoms with Crippen molar-refractivity contribution in [2.75, 3.05) is 6.54 Å². The van der Waals surface area contributed by atoms with Crippen molar-refractivity contribution in [1.82, 2.24) is 15.1 Å². The number of carbonyl (C=O) groups excluding carboxylic acids is 1. The summed E-state index contributed by atoms with van der Waals surface area (Å²) < 4.78 is 38.6. The summed E-state index contributed by atoms with van der Waals surface area (Å²) in [6, 6.07) is 0. The predicted octanol–water partition coefficient (Wildman–Crippen LogP) is 1.21. The molecule has 0 fully saturated rings. The molecule has 4 nitrogen and oxygen atoms in total. The molecule has 16 heavy (non-hydrogen) atoms. The lowest BCUT2D eigenvalue weighted by Gasteiger charge is -2.05. The summed E-state index contributed by atoms with van der Waals surface area (Å²) in [5, 5.41) is 6.14. The van der Waals surface area contributed by atoms with Crippen LogP contribution in [-0.2, 0) is 24.1 Å². The SMILES string of the molecule is CCNCc1cn(CC=O)nc1C(F)(F)F. The van der Waals surface area contributed by atoms with Crippen molar-refractivity contribution < 1.29 is 18.0 Å². The molecule has 0 aliphatic carbocycles. The third kappa shape index (κ3) is 3.06. The summed E-state index contributed by atoms with van der Waals surface area (Å²) in [5.41, 5.74) is -0.883. The first-order chi connectivity index (χ1) is 7.49. The molecule has 0 bridgehead atoms. The first kappa shape index (κ1) is 12.7. The smallest absolute Gasteiger partial charge is 0.313 e. The van der Waals surface area contributed by atoms with E-state index >= 15 is 0 Å². The maximum absolute atomic E-state index is 12.5. The maximum Gasteiger partial charge on any atom is 0.435 e. The minimum Gasteiger partial charge on any atom is -0.313 e. The molecule has 1 N–H and O–H groups in total. The summed E-state index contributed by atoms with van der Waals surface area (Å²) in [5.74, 6) is 0. The van der Waals surface area contributed by atoms with Gasteiger partial charge in [-0.05, 0) is 6.54 Å². The van der Waals surface area contributed by atoms with Gasteiger partial charge in [0.05, 0.1) is 6.54 Å². The van der Waals surface area contributed by atoms with E-state index in [-0.39, 0.29) is 18.7 Å². The molecule has 0 aliphatic heterocycles. The lowest BCUT2D eigenvalue weighted by atomic mass is 10.2. The number of aldehydes is 1. The number of carbonyl (C=O) groups is 1. The normalized spacial score (nSPS) is 11.8. The molecule has 90 valence electrons. The van der Waals surface area contributed by atoms with Gasteiger partial charge in [0.1, 0.15) is 6.29 Å². The van der Waals surface area contributed by atoms with Gasteiger partial charge in [0, 0.05) is 18.3 Å². The summed E-state index contributed by atoms with van der Waals surface area (Å²) >= 11 is 0. The minimum atomic E-state index is -4.49. The van der Waals surface area contributed by atoms with E-state index in [4.69, 9.17) is 0 Å². The van der Waals surface area contributed by atoms with E-state index in [1.807, 2.05) is 0 Å². The Bertz CT molecular complexity index is 359. The van der Waals surface area contributed by atoms with Gasteiger partial charge in [0.2, 0.25) is 0 Å². The van der Waals surface area contributed by atoms with Crippen LogP contribution >= 0.6 is 0 Å². The van der Waals surface area contributed by atoms with Crippen molar-refractivity contribution in [3.8, 4) is 0 Å². The Labute approximate surface area is 90.4 Å². The van der Waals surface area contributed by atoms with Gasteiger partial charge in [-0.3, -0.25) is 4.68 Å². The lowest BCUT2D eigenvalue weighted by molar-refractivity contribution is -0.142. The van der Waals surface area contributed by atoms with E-state index in [2.05, 4.69) is 10.4 Å². The molecule has 1 heterocycles. The molecule has 0 aliphatic rings. The van der Waals surface area contributed by atoms with Crippen molar-refractivity contribution in [3.63, 3.8) is 0 Å². The molecule has 1 rings (SSSR count). The van der Waals surface area contributed by atoms with Crippen LogP contribution in [0, 0.1) is 0 Å². The first-order valence-electron chi connectivity index (χ1n) is 4.77. The standard InChI is InChI=1S/C9H12F3N3O/c1-2-13-5-7-6-15(3-4-16)14-8(7)9(10,11)12/h4,6,13H,2-3,5H2,1H3. The van der Waals surface area contributed by atoms with Gasteiger partial charge in [-0.2, -0.15) is 18.3 Å². The highest BCUT2D eigenvalue weighted by Crippen LogP contribution is 2.30. The quantitative estimate of drug-likeness (QED) is 0.780. The van der Waals surface area contributed by atoms with Gasteiger partial charge in [0.15, 0.2) is 5.69 Å². The van der Waals surface area contributed by atoms with E-state index in [0.29, 0.717) is 12.8 Å². The minimum absolute atomic E-state index is 0.0520. The second kappa shape index (κ2) is 5.11. The number of nitrogens with zero attached hydrogens (tertiary/aromatic N) is 2. The van der Waals surface area contributed by atoms with E-state index in [1.54, 1.807) is 6.92 Å². The van der Waals surface area contributed by atoms with E-state index < -0.39 is 11.9 Å². The molecule has 0 atom stereocenters. The van der Waals surface area contributed by atoms with Crippen LogP contribution in [0.1, 0.15) is 18.2 Å². The molecule has 0 amide bonds. The topological polar surface area (TPSA) is 46.9 Å². The zero-order valence-electron chi connectivity index (χ0n) is 8.71. The highest BCUT2D eigenvalue weighted by atomic mass is 19.4. The lowest BCUT2D eigenvalue weighted by Crippen LogP contribution is -2.16. The number of halogens is 3. The van der Waals surface area contributed by atoms with Crippen LogP contribution in [0.2, 0.25) is 0 Å². The first-order valence-corrected chi connectivity index (χ1v) is 4.77. The fraction of sp³-hybridized carbons (Fsp3) is 0.556. The molecule has 0 unspecified atom stereocenters. The average Bonchev–Trinajstić information content (AvgIpc) is 2.58. The van der Waals surface area contributed by atoms with Gasteiger partial charge >= 0.3 is 6.18 Å². The van der Waals surface area contributed by atoms with Gasteiger partial charge < -0.3 is 10.1 Å². The number of alkyl halides is 3. The summed E-state index contributed by atoms with van der Waals surface area (Å²) in [6.45, 7) is 2.28. The Hall–Kier alpha value is -1.37. The van der Waals surface area contributed by atoms with Crippen LogP contribution in [0.3, 0.4) is 0 Å². The zero-order valence-corrected chi connectivity index (χ0v) is 8.71. The number of nitrogens with one attached hydrogen (secondary N) is 1. The summed E-state index contributed by atoms with van der Waals surface area (Å²) in [6.07, 6.45) is -2.75. The van der Waals surface area contributed by atoms with Crippen LogP contribution in [0.4, 0.5) is 13.2 Å². The fourth-order valence-corrected chi connectivity index (χ4v) is 1.26. The third-order valence-electron chi connectivity index (χ3n) is 1.93. The van der Waals surface area contributed by atoms with Crippen LogP contribution in [-0.4, -0.2) is 22.6 Å². The predicted molar refractivity (Wildman–Crippen MR) is 50.7 cm³/mol. The molecule has 7 heteroatoms. The van der Waals surface area contributed by atoms with Crippen molar-refractivity contribution in [1.29, 1.82) is 0 Å². The number of hydrogen-bond acceptors (Lipinski definition) is 3. The monoisotopic (exact) mass is 235 g/mol. The van der Waals surface area contributed by atoms with Crippen molar-refractivity contribution >= 4 is 6.29 Å². The number of hydrogen-bond donors (Lipinski definition) is 1. The molecule has 0 saturated carbocycles. The van der Waals surface area contributed by atoms with Crippen LogP contribution < -0.4 is 5.32 Å². The van der Waals surface area contributed by atoms with E-state index in [1.165, 1.54) is 6.20 Å². The second-order valence-corrected chi connectivity index (χ2v) is 3.17. The average molecular weight is 235 g/mol. The Morgan fingerprint density at radius 2 is 2.25 bits per heavy atom. The van der Waals surface area contributed by atoms with Crippen LogP contribution in [0.25, 0.3) is 0 Å². The Morgan fingerprint density at radius 1 is 1.56 bits per heavy atom. The molecule has 0 spiro atoms. The molecule has 1 aromatic heterocycles. The number of rotatable bonds is 5. The summed E-state index contributed by atoms with van der Waals surface area (Å²) in [7, 11) is 0. The highest BCUT2D eigenvalue weighted by Gasteiger charge is 2.36. The fourth-order valence-electron chi connectivity index (χ4n) is 1.26. The largest absolute Gasteiger partial charge is 0.435 e. The van der Waals surface area contributed by atoms with Crippen molar-refractivity contribution in [2.45, 2.75) is 26.2 Å². The second-order valence-electron chi connectivity index (χ2n) is 3.17. The van der Waals surface area contributed by atoms with Crippen molar-refractivity contribution in [2.24, 2.45) is 0 Å². The van der Waals surface area contributed by atoms with Gasteiger partial charge in [-0.25, -0.2) is 0 Å². The van der Waals surface area contributed by atoms with Gasteiger partial charge in [-0.15, -0.1) is 0 Å². The molecule has 0 aromatic carbocycles. The molecule has 1 aromatic rings.